The van der Waals surface area contributed by atoms with Crippen LogP contribution in [0.4, 0.5) is 4.39 Å². The molecule has 1 aliphatic heterocycles. The van der Waals surface area contributed by atoms with E-state index in [4.69, 9.17) is 0 Å². The van der Waals surface area contributed by atoms with E-state index in [1.54, 1.807) is 12.1 Å². The number of β-amino-alcohol motifs (C(OH)–C–C–N with tert-alkyl or cyclic N) is 1. The Hall–Kier alpha value is -3.02. The van der Waals surface area contributed by atoms with E-state index in [-0.39, 0.29) is 23.9 Å². The number of nitrogens with one attached hydrogen (secondary N) is 1. The standard InChI is InChI=1S/C28H31FN2O2/c1-2-28(22-9-5-3-6-10-22,23-11-7-4-8-12-23)27(33)30-26(20-31-18-17-25(32)19-31)21-13-15-24(29)16-14-21/h3-16,25-26,32H,2,17-20H2,1H3,(H,30,33)/t25?,26-/m1/s1. The van der Waals surface area contributed by atoms with Gasteiger partial charge in [0.05, 0.1) is 17.6 Å². The Labute approximate surface area is 195 Å². The van der Waals surface area contributed by atoms with Crippen molar-refractivity contribution in [2.24, 2.45) is 0 Å². The molecule has 0 aliphatic carbocycles. The van der Waals surface area contributed by atoms with Crippen LogP contribution in [-0.2, 0) is 10.2 Å². The number of hydrogen-bond acceptors (Lipinski definition) is 3. The molecule has 1 fully saturated rings. The van der Waals surface area contributed by atoms with E-state index >= 15 is 0 Å². The molecule has 1 aliphatic rings. The Morgan fingerprint density at radius 3 is 2.09 bits per heavy atom. The zero-order valence-electron chi connectivity index (χ0n) is 19.0. The van der Waals surface area contributed by atoms with E-state index in [2.05, 4.69) is 10.2 Å². The lowest BCUT2D eigenvalue weighted by molar-refractivity contribution is -0.126. The summed E-state index contributed by atoms with van der Waals surface area (Å²) in [6.45, 7) is 3.93. The van der Waals surface area contributed by atoms with Gasteiger partial charge in [0.25, 0.3) is 0 Å². The molecule has 172 valence electrons. The summed E-state index contributed by atoms with van der Waals surface area (Å²) in [5, 5.41) is 13.3. The molecule has 0 saturated carbocycles. The molecule has 4 nitrogen and oxygen atoms in total. The Morgan fingerprint density at radius 1 is 1.03 bits per heavy atom. The molecule has 0 radical (unpaired) electrons. The van der Waals surface area contributed by atoms with Crippen LogP contribution < -0.4 is 5.32 Å². The van der Waals surface area contributed by atoms with Gasteiger partial charge in [-0.2, -0.15) is 0 Å². The van der Waals surface area contributed by atoms with E-state index in [1.165, 1.54) is 12.1 Å². The average molecular weight is 447 g/mol. The highest BCUT2D eigenvalue weighted by molar-refractivity contribution is 5.92. The van der Waals surface area contributed by atoms with Crippen molar-refractivity contribution < 1.29 is 14.3 Å². The summed E-state index contributed by atoms with van der Waals surface area (Å²) in [6, 6.07) is 25.7. The van der Waals surface area contributed by atoms with Gasteiger partial charge in [0.15, 0.2) is 0 Å². The molecule has 4 rings (SSSR count). The number of carbonyl (C=O) groups excluding carboxylic acids is 1. The van der Waals surface area contributed by atoms with E-state index in [0.717, 1.165) is 29.7 Å². The smallest absolute Gasteiger partial charge is 0.235 e. The normalized spacial score (nSPS) is 17.6. The molecule has 2 N–H and O–H groups in total. The summed E-state index contributed by atoms with van der Waals surface area (Å²) in [5.74, 6) is -0.395. The number of hydrogen-bond donors (Lipinski definition) is 2. The van der Waals surface area contributed by atoms with Crippen molar-refractivity contribution in [2.45, 2.75) is 37.3 Å². The molecule has 1 heterocycles. The Morgan fingerprint density at radius 2 is 1.61 bits per heavy atom. The number of benzene rings is 3. The molecule has 1 amide bonds. The molecule has 1 saturated heterocycles. The first-order chi connectivity index (χ1) is 16.0. The van der Waals surface area contributed by atoms with Gasteiger partial charge in [-0.3, -0.25) is 9.69 Å². The van der Waals surface area contributed by atoms with Crippen LogP contribution in [0.1, 0.15) is 42.5 Å². The SMILES string of the molecule is CCC(C(=O)N[C@H](CN1CCC(O)C1)c1ccc(F)cc1)(c1ccccc1)c1ccccc1. The third kappa shape index (κ3) is 5.00. The Kier molecular flexibility index (Phi) is 7.21. The van der Waals surface area contributed by atoms with E-state index in [9.17, 15) is 14.3 Å². The number of carbonyl (C=O) groups is 1. The van der Waals surface area contributed by atoms with Crippen molar-refractivity contribution >= 4 is 5.91 Å². The van der Waals surface area contributed by atoms with Crippen molar-refractivity contribution in [1.82, 2.24) is 10.2 Å². The van der Waals surface area contributed by atoms with Crippen molar-refractivity contribution in [3.63, 3.8) is 0 Å². The third-order valence-electron chi connectivity index (χ3n) is 6.72. The zero-order valence-corrected chi connectivity index (χ0v) is 19.0. The van der Waals surface area contributed by atoms with Crippen LogP contribution in [0, 0.1) is 5.82 Å². The number of amides is 1. The lowest BCUT2D eigenvalue weighted by atomic mass is 9.71. The van der Waals surface area contributed by atoms with Crippen molar-refractivity contribution in [1.29, 1.82) is 0 Å². The predicted molar refractivity (Wildman–Crippen MR) is 128 cm³/mol. The van der Waals surface area contributed by atoms with Crippen molar-refractivity contribution in [3.8, 4) is 0 Å². The number of likely N-dealkylation sites (tertiary alicyclic amines) is 1. The van der Waals surface area contributed by atoms with Gasteiger partial charge >= 0.3 is 0 Å². The summed E-state index contributed by atoms with van der Waals surface area (Å²) in [4.78, 5) is 16.3. The maximum atomic E-state index is 14.1. The van der Waals surface area contributed by atoms with E-state index in [0.29, 0.717) is 19.5 Å². The largest absolute Gasteiger partial charge is 0.392 e. The first-order valence-corrected chi connectivity index (χ1v) is 11.6. The lowest BCUT2D eigenvalue weighted by Gasteiger charge is -2.35. The van der Waals surface area contributed by atoms with Gasteiger partial charge in [-0.05, 0) is 41.7 Å². The Bertz CT molecular complexity index is 1000. The fourth-order valence-electron chi connectivity index (χ4n) is 4.89. The summed E-state index contributed by atoms with van der Waals surface area (Å²) >= 11 is 0. The average Bonchev–Trinajstić information content (AvgIpc) is 3.26. The minimum Gasteiger partial charge on any atom is -0.392 e. The maximum absolute atomic E-state index is 14.1. The van der Waals surface area contributed by atoms with Gasteiger partial charge < -0.3 is 10.4 Å². The van der Waals surface area contributed by atoms with Crippen LogP contribution >= 0.6 is 0 Å². The topological polar surface area (TPSA) is 52.6 Å². The quantitative estimate of drug-likeness (QED) is 0.538. The number of rotatable bonds is 8. The highest BCUT2D eigenvalue weighted by Gasteiger charge is 2.41. The van der Waals surface area contributed by atoms with Crippen molar-refractivity contribution in [2.75, 3.05) is 19.6 Å². The summed E-state index contributed by atoms with van der Waals surface area (Å²) in [6.07, 6.45) is 0.959. The summed E-state index contributed by atoms with van der Waals surface area (Å²) < 4.78 is 13.6. The summed E-state index contributed by atoms with van der Waals surface area (Å²) in [7, 11) is 0. The van der Waals surface area contributed by atoms with Crippen LogP contribution in [0.15, 0.2) is 84.9 Å². The molecule has 0 spiro atoms. The fourth-order valence-corrected chi connectivity index (χ4v) is 4.89. The molecule has 2 atom stereocenters. The molecular weight excluding hydrogens is 415 g/mol. The summed E-state index contributed by atoms with van der Waals surface area (Å²) in [5.41, 5.74) is 1.86. The predicted octanol–water partition coefficient (Wildman–Crippen LogP) is 4.45. The molecular formula is C28H31FN2O2. The molecule has 0 aromatic heterocycles. The van der Waals surface area contributed by atoms with Gasteiger partial charge in [-0.25, -0.2) is 4.39 Å². The van der Waals surface area contributed by atoms with Crippen LogP contribution in [0.5, 0.6) is 0 Å². The lowest BCUT2D eigenvalue weighted by Crippen LogP contribution is -2.48. The van der Waals surface area contributed by atoms with Crippen LogP contribution in [0.25, 0.3) is 0 Å². The second-order valence-electron chi connectivity index (χ2n) is 8.77. The molecule has 3 aromatic carbocycles. The first kappa shape index (κ1) is 23.1. The van der Waals surface area contributed by atoms with E-state index in [1.807, 2.05) is 67.6 Å². The zero-order chi connectivity index (χ0) is 23.3. The van der Waals surface area contributed by atoms with Gasteiger partial charge in [0, 0.05) is 19.6 Å². The van der Waals surface area contributed by atoms with Gasteiger partial charge in [0.2, 0.25) is 5.91 Å². The third-order valence-corrected chi connectivity index (χ3v) is 6.72. The molecule has 33 heavy (non-hydrogen) atoms. The van der Waals surface area contributed by atoms with Gasteiger partial charge in [-0.1, -0.05) is 79.7 Å². The minimum atomic E-state index is -0.856. The second-order valence-corrected chi connectivity index (χ2v) is 8.77. The van der Waals surface area contributed by atoms with Gasteiger partial charge in [-0.15, -0.1) is 0 Å². The number of halogens is 1. The molecule has 0 bridgehead atoms. The molecule has 3 aromatic rings. The minimum absolute atomic E-state index is 0.0866. The van der Waals surface area contributed by atoms with Crippen LogP contribution in [0.3, 0.4) is 0 Å². The highest BCUT2D eigenvalue weighted by atomic mass is 19.1. The fraction of sp³-hybridized carbons (Fsp3) is 0.321. The second kappa shape index (κ2) is 10.3. The van der Waals surface area contributed by atoms with Crippen molar-refractivity contribution in [3.05, 3.63) is 107 Å². The highest BCUT2D eigenvalue weighted by Crippen LogP contribution is 2.37. The van der Waals surface area contributed by atoms with Crippen LogP contribution in [-0.4, -0.2) is 41.7 Å². The van der Waals surface area contributed by atoms with Crippen LogP contribution in [0.2, 0.25) is 0 Å². The number of aliphatic hydroxyl groups is 1. The van der Waals surface area contributed by atoms with E-state index < -0.39 is 5.41 Å². The van der Waals surface area contributed by atoms with Gasteiger partial charge in [0.1, 0.15) is 5.82 Å². The maximum Gasteiger partial charge on any atom is 0.235 e. The number of aliphatic hydroxyl groups excluding tert-OH is 1. The Balaban J connectivity index is 1.71. The number of nitrogens with zero attached hydrogens (tertiary/aromatic N) is 1. The molecule has 5 heteroatoms. The molecule has 1 unspecified atom stereocenters. The first-order valence-electron chi connectivity index (χ1n) is 11.6. The monoisotopic (exact) mass is 446 g/mol.